The molecule has 0 bridgehead atoms. The molecule has 3 aromatic rings. The lowest BCUT2D eigenvalue weighted by atomic mass is 9.88. The van der Waals surface area contributed by atoms with E-state index in [1.165, 1.54) is 45.5 Å². The topological polar surface area (TPSA) is 86.1 Å². The number of fused-ring (bicyclic) bond motifs is 1. The summed E-state index contributed by atoms with van der Waals surface area (Å²) >= 11 is 4.54. The first kappa shape index (κ1) is 24.0. The third kappa shape index (κ3) is 5.17. The van der Waals surface area contributed by atoms with Crippen LogP contribution in [0.3, 0.4) is 0 Å². The highest BCUT2D eigenvalue weighted by molar-refractivity contribution is 7.99. The number of thiophene rings is 2. The van der Waals surface area contributed by atoms with Crippen LogP contribution in [0, 0.1) is 12.8 Å². The Morgan fingerprint density at radius 2 is 2.15 bits per heavy atom. The number of aryl methyl sites for hydroxylation is 1. The van der Waals surface area contributed by atoms with Gasteiger partial charge in [-0.05, 0) is 57.6 Å². The molecule has 0 aromatic carbocycles. The van der Waals surface area contributed by atoms with Crippen molar-refractivity contribution in [2.75, 3.05) is 17.7 Å². The van der Waals surface area contributed by atoms with Crippen LogP contribution in [-0.2, 0) is 28.9 Å². The zero-order valence-corrected chi connectivity index (χ0v) is 21.7. The number of hydrogen-bond donors (Lipinski definition) is 1. The third-order valence-corrected chi connectivity index (χ3v) is 8.60. The van der Waals surface area contributed by atoms with Gasteiger partial charge in [-0.2, -0.15) is 0 Å². The molecule has 0 radical (unpaired) electrons. The minimum Gasteiger partial charge on any atom is -0.462 e. The molecule has 0 saturated heterocycles. The van der Waals surface area contributed by atoms with E-state index in [-0.39, 0.29) is 11.7 Å². The molecular formula is C23H28N4O3S3. The molecule has 0 saturated carbocycles. The Morgan fingerprint density at radius 3 is 2.91 bits per heavy atom. The maximum Gasteiger partial charge on any atom is 0.341 e. The Bertz CT molecular complexity index is 1160. The van der Waals surface area contributed by atoms with Crippen LogP contribution in [0.2, 0.25) is 0 Å². The van der Waals surface area contributed by atoms with Crippen LogP contribution in [0.5, 0.6) is 0 Å². The van der Waals surface area contributed by atoms with Crippen molar-refractivity contribution in [1.82, 2.24) is 14.8 Å². The first-order chi connectivity index (χ1) is 15.9. The minimum absolute atomic E-state index is 0.177. The van der Waals surface area contributed by atoms with E-state index in [0.29, 0.717) is 17.2 Å². The largest absolute Gasteiger partial charge is 0.462 e. The number of esters is 1. The first-order valence-corrected chi connectivity index (χ1v) is 13.8. The van der Waals surface area contributed by atoms with Crippen LogP contribution >= 0.6 is 34.4 Å². The fourth-order valence-corrected chi connectivity index (χ4v) is 6.97. The lowest BCUT2D eigenvalue weighted by molar-refractivity contribution is -0.113. The zero-order chi connectivity index (χ0) is 23.5. The summed E-state index contributed by atoms with van der Waals surface area (Å²) in [6.45, 7) is 9.05. The maximum absolute atomic E-state index is 12.7. The lowest BCUT2D eigenvalue weighted by Crippen LogP contribution is -2.16. The van der Waals surface area contributed by atoms with E-state index in [4.69, 9.17) is 4.74 Å². The van der Waals surface area contributed by atoms with E-state index in [1.807, 2.05) is 18.3 Å². The van der Waals surface area contributed by atoms with Gasteiger partial charge in [0.25, 0.3) is 0 Å². The Morgan fingerprint density at radius 1 is 1.33 bits per heavy atom. The molecule has 1 N–H and O–H groups in total. The minimum atomic E-state index is -0.423. The second-order valence-electron chi connectivity index (χ2n) is 8.11. The molecule has 176 valence electrons. The number of hydrogen-bond acceptors (Lipinski definition) is 8. The Balaban J connectivity index is 1.46. The molecule has 3 aromatic heterocycles. The molecule has 4 rings (SSSR count). The molecule has 0 fully saturated rings. The smallest absolute Gasteiger partial charge is 0.341 e. The number of anilines is 1. The van der Waals surface area contributed by atoms with Gasteiger partial charge in [-0.1, -0.05) is 18.7 Å². The van der Waals surface area contributed by atoms with Crippen LogP contribution < -0.4 is 5.32 Å². The number of amides is 1. The molecule has 1 amide bonds. The summed E-state index contributed by atoms with van der Waals surface area (Å²) in [5.74, 6) is 1.17. The second-order valence-corrected chi connectivity index (χ2v) is 11.3. The van der Waals surface area contributed by atoms with Crippen molar-refractivity contribution < 1.29 is 14.3 Å². The summed E-state index contributed by atoms with van der Waals surface area (Å²) in [6.07, 6.45) is 3.42. The Kier molecular flexibility index (Phi) is 7.55. The fraction of sp³-hybridized carbons (Fsp3) is 0.478. The number of nitrogens with one attached hydrogen (secondary N) is 1. The van der Waals surface area contributed by atoms with E-state index < -0.39 is 5.97 Å². The van der Waals surface area contributed by atoms with Gasteiger partial charge >= 0.3 is 5.97 Å². The predicted molar refractivity (Wildman–Crippen MR) is 135 cm³/mol. The van der Waals surface area contributed by atoms with Crippen molar-refractivity contribution in [2.24, 2.45) is 5.92 Å². The highest BCUT2D eigenvalue weighted by atomic mass is 32.2. The number of carbonyl (C=O) groups excluding carboxylic acids is 2. The van der Waals surface area contributed by atoms with Crippen LogP contribution in [-0.4, -0.2) is 39.0 Å². The van der Waals surface area contributed by atoms with Crippen LogP contribution in [0.25, 0.3) is 11.4 Å². The van der Waals surface area contributed by atoms with Crippen LogP contribution in [0.1, 0.15) is 52.9 Å². The van der Waals surface area contributed by atoms with Crippen molar-refractivity contribution in [1.29, 1.82) is 0 Å². The van der Waals surface area contributed by atoms with Gasteiger partial charge in [0, 0.05) is 27.2 Å². The van der Waals surface area contributed by atoms with E-state index in [9.17, 15) is 9.59 Å². The third-order valence-electron chi connectivity index (χ3n) is 5.61. The Hall–Kier alpha value is -2.17. The normalized spacial score (nSPS) is 15.3. The molecule has 1 unspecified atom stereocenters. The van der Waals surface area contributed by atoms with Crippen LogP contribution in [0.15, 0.2) is 16.6 Å². The van der Waals surface area contributed by atoms with Gasteiger partial charge in [-0.15, -0.1) is 32.9 Å². The molecule has 0 aliphatic heterocycles. The lowest BCUT2D eigenvalue weighted by Gasteiger charge is -2.19. The Labute approximate surface area is 206 Å². The van der Waals surface area contributed by atoms with Gasteiger partial charge in [0.1, 0.15) is 5.00 Å². The van der Waals surface area contributed by atoms with Crippen molar-refractivity contribution in [2.45, 2.75) is 58.7 Å². The molecule has 33 heavy (non-hydrogen) atoms. The molecule has 1 atom stereocenters. The molecule has 1 aliphatic rings. The molecule has 3 heterocycles. The van der Waals surface area contributed by atoms with E-state index in [2.05, 4.69) is 39.3 Å². The van der Waals surface area contributed by atoms with Gasteiger partial charge in [0.2, 0.25) is 5.91 Å². The molecule has 7 nitrogen and oxygen atoms in total. The summed E-state index contributed by atoms with van der Waals surface area (Å²) in [5.41, 5.74) is 2.99. The predicted octanol–water partition coefficient (Wildman–Crippen LogP) is 5.43. The van der Waals surface area contributed by atoms with Gasteiger partial charge in [-0.3, -0.25) is 4.79 Å². The number of ether oxygens (including phenoxy) is 1. The highest BCUT2D eigenvalue weighted by Gasteiger charge is 2.24. The molecule has 0 spiro atoms. The average molecular weight is 505 g/mol. The second kappa shape index (κ2) is 10.4. The maximum atomic E-state index is 12.7. The van der Waals surface area contributed by atoms with E-state index in [0.717, 1.165) is 41.2 Å². The van der Waals surface area contributed by atoms with E-state index >= 15 is 0 Å². The quantitative estimate of drug-likeness (QED) is 0.325. The summed E-state index contributed by atoms with van der Waals surface area (Å²) in [6, 6.07) is 1.74. The zero-order valence-electron chi connectivity index (χ0n) is 19.3. The van der Waals surface area contributed by atoms with Crippen molar-refractivity contribution >= 4 is 51.3 Å². The molecule has 1 aliphatic carbocycles. The SMILES string of the molecule is CCOC(=O)c1cc(C)sc1NC(=O)CSc1nnc(-c2csc3c2CCC(C)C3)n1CC. The van der Waals surface area contributed by atoms with Crippen molar-refractivity contribution in [3.63, 3.8) is 0 Å². The number of carbonyl (C=O) groups is 2. The number of nitrogens with zero attached hydrogens (tertiary/aromatic N) is 3. The highest BCUT2D eigenvalue weighted by Crippen LogP contribution is 2.38. The molecule has 10 heteroatoms. The molecular weight excluding hydrogens is 476 g/mol. The number of rotatable bonds is 8. The van der Waals surface area contributed by atoms with Crippen LogP contribution in [0.4, 0.5) is 5.00 Å². The number of thioether (sulfide) groups is 1. The number of aromatic nitrogens is 3. The summed E-state index contributed by atoms with van der Waals surface area (Å²) in [5, 5.41) is 15.2. The van der Waals surface area contributed by atoms with E-state index in [1.54, 1.807) is 13.0 Å². The standard InChI is InChI=1S/C23H28N4O3S3/c1-5-27-20(17-11-31-18-9-13(3)7-8-15(17)18)25-26-23(27)32-12-19(28)24-21-16(10-14(4)33-21)22(29)30-6-2/h10-11,13H,5-9,12H2,1-4H3,(H,24,28). The first-order valence-electron chi connectivity index (χ1n) is 11.1. The summed E-state index contributed by atoms with van der Waals surface area (Å²) in [4.78, 5) is 27.2. The van der Waals surface area contributed by atoms with Crippen molar-refractivity contribution in [3.05, 3.63) is 32.3 Å². The average Bonchev–Trinajstić information content (AvgIpc) is 3.48. The summed E-state index contributed by atoms with van der Waals surface area (Å²) < 4.78 is 7.18. The van der Waals surface area contributed by atoms with Gasteiger partial charge in [0.15, 0.2) is 11.0 Å². The van der Waals surface area contributed by atoms with Gasteiger partial charge in [-0.25, -0.2) is 4.79 Å². The van der Waals surface area contributed by atoms with Gasteiger partial charge < -0.3 is 14.6 Å². The van der Waals surface area contributed by atoms with Crippen molar-refractivity contribution in [3.8, 4) is 11.4 Å². The monoisotopic (exact) mass is 504 g/mol. The fourth-order valence-electron chi connectivity index (χ4n) is 4.01. The van der Waals surface area contributed by atoms with Gasteiger partial charge in [0.05, 0.1) is 17.9 Å². The summed E-state index contributed by atoms with van der Waals surface area (Å²) in [7, 11) is 0.